The van der Waals surface area contributed by atoms with Crippen molar-refractivity contribution in [3.05, 3.63) is 203 Å². The van der Waals surface area contributed by atoms with Gasteiger partial charge in [-0.15, -0.1) is 0 Å². The quantitative estimate of drug-likeness (QED) is 0.201. The monoisotopic (exact) mass is 655 g/mol. The highest BCUT2D eigenvalue weighted by Gasteiger charge is 2.27. The Morgan fingerprint density at radius 1 is 0.510 bits per heavy atom. The lowest BCUT2D eigenvalue weighted by Gasteiger charge is -2.28. The number of fused-ring (bicyclic) bond motifs is 6. The van der Waals surface area contributed by atoms with Gasteiger partial charge in [0, 0.05) is 27.8 Å². The first-order chi connectivity index (χ1) is 25.2. The van der Waals surface area contributed by atoms with E-state index in [0.717, 1.165) is 50.9 Å². The van der Waals surface area contributed by atoms with Gasteiger partial charge in [0.2, 0.25) is 0 Å². The second kappa shape index (κ2) is 12.1. The third-order valence-electron chi connectivity index (χ3n) is 10.3. The molecule has 1 N–H and O–H groups in total. The maximum Gasteiger partial charge on any atom is 0.159 e. The van der Waals surface area contributed by atoms with Gasteiger partial charge in [-0.25, -0.2) is 9.98 Å². The number of amidine groups is 2. The van der Waals surface area contributed by atoms with Gasteiger partial charge in [-0.05, 0) is 75.2 Å². The molecule has 7 aromatic carbocycles. The zero-order valence-corrected chi connectivity index (χ0v) is 27.8. The van der Waals surface area contributed by atoms with E-state index in [2.05, 4.69) is 151 Å². The molecule has 0 spiro atoms. The Balaban J connectivity index is 1.01. The van der Waals surface area contributed by atoms with Gasteiger partial charge in [-0.2, -0.15) is 0 Å². The normalized spacial score (nSPS) is 16.5. The summed E-state index contributed by atoms with van der Waals surface area (Å²) in [7, 11) is 0. The minimum Gasteiger partial charge on any atom is -0.456 e. The molecule has 2 aliphatic rings. The van der Waals surface area contributed by atoms with E-state index in [1.54, 1.807) is 0 Å². The third kappa shape index (κ3) is 5.24. The predicted molar refractivity (Wildman–Crippen MR) is 208 cm³/mol. The molecule has 0 amide bonds. The molecule has 0 saturated heterocycles. The van der Waals surface area contributed by atoms with Crippen LogP contribution in [0.2, 0.25) is 0 Å². The zero-order valence-electron chi connectivity index (χ0n) is 27.8. The molecule has 0 fully saturated rings. The molecule has 8 aromatic rings. The number of rotatable bonds is 5. The van der Waals surface area contributed by atoms with Crippen molar-refractivity contribution in [2.75, 3.05) is 0 Å². The molecule has 51 heavy (non-hydrogen) atoms. The summed E-state index contributed by atoms with van der Waals surface area (Å²) in [6, 6.07) is 60.1. The van der Waals surface area contributed by atoms with Gasteiger partial charge in [0.05, 0.1) is 0 Å². The molecular weight excluding hydrogens is 623 g/mol. The van der Waals surface area contributed by atoms with Crippen LogP contribution >= 0.6 is 0 Å². The number of aliphatic imine (C=N–C) groups is 2. The molecule has 242 valence electrons. The van der Waals surface area contributed by atoms with Crippen LogP contribution in [-0.2, 0) is 6.42 Å². The average Bonchev–Trinajstić information content (AvgIpc) is 3.58. The van der Waals surface area contributed by atoms with Gasteiger partial charge in [0.1, 0.15) is 23.2 Å². The highest BCUT2D eigenvalue weighted by Crippen LogP contribution is 2.44. The molecule has 1 aromatic heterocycles. The molecule has 4 heteroatoms. The Kier molecular flexibility index (Phi) is 6.98. The lowest BCUT2D eigenvalue weighted by Crippen LogP contribution is -2.33. The minimum atomic E-state index is -0.296. The molecule has 4 nitrogen and oxygen atoms in total. The van der Waals surface area contributed by atoms with Gasteiger partial charge in [-0.1, -0.05) is 146 Å². The van der Waals surface area contributed by atoms with Crippen LogP contribution < -0.4 is 5.32 Å². The molecule has 0 saturated carbocycles. The first-order valence-electron chi connectivity index (χ1n) is 17.5. The average molecular weight is 656 g/mol. The Labute approximate surface area is 296 Å². The van der Waals surface area contributed by atoms with Crippen molar-refractivity contribution in [1.29, 1.82) is 0 Å². The Morgan fingerprint density at radius 2 is 1.18 bits per heavy atom. The van der Waals surface area contributed by atoms with Crippen LogP contribution in [0.3, 0.4) is 0 Å². The number of hydrogen-bond acceptors (Lipinski definition) is 4. The maximum atomic E-state index is 6.52. The van der Waals surface area contributed by atoms with E-state index in [9.17, 15) is 0 Å². The van der Waals surface area contributed by atoms with E-state index < -0.39 is 0 Å². The Hall–Kier alpha value is -6.52. The van der Waals surface area contributed by atoms with Crippen LogP contribution in [0, 0.1) is 0 Å². The van der Waals surface area contributed by atoms with Crippen LogP contribution in [0.5, 0.6) is 0 Å². The van der Waals surface area contributed by atoms with Crippen LogP contribution in [-0.4, -0.2) is 11.7 Å². The summed E-state index contributed by atoms with van der Waals surface area (Å²) in [4.78, 5) is 10.1. The number of nitrogens with zero attached hydrogens (tertiary/aromatic N) is 2. The SMILES string of the molecule is c1ccc(C2=NC(c3ccc(-c4ccccc4)cc3)NC(c3ccc4c(c3)oc3ccc(C5Cc6ccccc6-c6ccccc65)cc34)=N2)cc1. The number of furan rings is 1. The molecule has 1 aliphatic carbocycles. The van der Waals surface area contributed by atoms with Crippen LogP contribution in [0.15, 0.2) is 184 Å². The fraction of sp³-hybridized carbons (Fsp3) is 0.0638. The fourth-order valence-electron chi connectivity index (χ4n) is 7.76. The third-order valence-corrected chi connectivity index (χ3v) is 10.3. The van der Waals surface area contributed by atoms with E-state index in [1.165, 1.54) is 38.9 Å². The highest BCUT2D eigenvalue weighted by atomic mass is 16.3. The van der Waals surface area contributed by atoms with Crippen LogP contribution in [0.4, 0.5) is 0 Å². The van der Waals surface area contributed by atoms with E-state index in [1.807, 2.05) is 24.3 Å². The molecule has 1 aliphatic heterocycles. The zero-order chi connectivity index (χ0) is 33.7. The first kappa shape index (κ1) is 29.4. The summed E-state index contributed by atoms with van der Waals surface area (Å²) < 4.78 is 6.52. The van der Waals surface area contributed by atoms with Crippen molar-refractivity contribution >= 4 is 33.6 Å². The summed E-state index contributed by atoms with van der Waals surface area (Å²) in [6.07, 6.45) is 0.681. The van der Waals surface area contributed by atoms with E-state index >= 15 is 0 Å². The van der Waals surface area contributed by atoms with Gasteiger partial charge in [-0.3, -0.25) is 0 Å². The molecule has 0 bridgehead atoms. The summed E-state index contributed by atoms with van der Waals surface area (Å²) >= 11 is 0. The van der Waals surface area contributed by atoms with Gasteiger partial charge >= 0.3 is 0 Å². The number of nitrogens with one attached hydrogen (secondary N) is 1. The molecule has 2 unspecified atom stereocenters. The van der Waals surface area contributed by atoms with Crippen molar-refractivity contribution in [2.45, 2.75) is 18.5 Å². The van der Waals surface area contributed by atoms with Crippen LogP contribution in [0.25, 0.3) is 44.2 Å². The fourth-order valence-corrected chi connectivity index (χ4v) is 7.76. The highest BCUT2D eigenvalue weighted by molar-refractivity contribution is 6.15. The van der Waals surface area contributed by atoms with Crippen LogP contribution in [0.1, 0.15) is 45.5 Å². The lowest BCUT2D eigenvalue weighted by atomic mass is 9.75. The Bertz CT molecular complexity index is 2640. The predicted octanol–water partition coefficient (Wildman–Crippen LogP) is 11.1. The summed E-state index contributed by atoms with van der Waals surface area (Å²) in [5, 5.41) is 5.86. The van der Waals surface area contributed by atoms with Gasteiger partial charge in [0.15, 0.2) is 5.84 Å². The number of benzene rings is 7. The van der Waals surface area contributed by atoms with E-state index in [0.29, 0.717) is 5.84 Å². The lowest BCUT2D eigenvalue weighted by molar-refractivity contribution is 0.666. The largest absolute Gasteiger partial charge is 0.456 e. The van der Waals surface area contributed by atoms with Crippen molar-refractivity contribution in [1.82, 2.24) is 5.32 Å². The smallest absolute Gasteiger partial charge is 0.159 e. The molecule has 0 radical (unpaired) electrons. The Morgan fingerprint density at radius 3 is 2.00 bits per heavy atom. The standard InChI is InChI=1S/C47H33N3O/c1-3-11-30(12-4-1)31-19-21-33(22-20-31)46-48-45(32-13-5-2-6-14-32)49-47(50-46)36-23-25-40-42-28-35(24-26-43(42)51-44(40)29-36)41-27-34-15-7-8-16-37(34)38-17-9-10-18-39(38)41/h1-26,28-29,41,46H,27H2,(H,48,49,50). The number of hydrogen-bond donors (Lipinski definition) is 1. The minimum absolute atomic E-state index is 0.278. The maximum absolute atomic E-state index is 6.52. The van der Waals surface area contributed by atoms with E-state index in [-0.39, 0.29) is 12.1 Å². The molecular formula is C47H33N3O. The summed E-state index contributed by atoms with van der Waals surface area (Å²) in [5.41, 5.74) is 13.8. The molecule has 2 heterocycles. The van der Waals surface area contributed by atoms with Gasteiger partial charge < -0.3 is 9.73 Å². The second-order valence-electron chi connectivity index (χ2n) is 13.4. The summed E-state index contributed by atoms with van der Waals surface area (Å²) in [5.74, 6) is 1.74. The van der Waals surface area contributed by atoms with Crippen molar-refractivity contribution < 1.29 is 4.42 Å². The van der Waals surface area contributed by atoms with Gasteiger partial charge in [0.25, 0.3) is 0 Å². The molecule has 2 atom stereocenters. The van der Waals surface area contributed by atoms with Crippen molar-refractivity contribution in [2.24, 2.45) is 9.98 Å². The first-order valence-corrected chi connectivity index (χ1v) is 17.5. The molecule has 10 rings (SSSR count). The topological polar surface area (TPSA) is 49.9 Å². The van der Waals surface area contributed by atoms with Crippen molar-refractivity contribution in [3.63, 3.8) is 0 Å². The second-order valence-corrected chi connectivity index (χ2v) is 13.4. The summed E-state index contributed by atoms with van der Waals surface area (Å²) in [6.45, 7) is 0. The van der Waals surface area contributed by atoms with E-state index in [4.69, 9.17) is 14.4 Å². The van der Waals surface area contributed by atoms with Crippen molar-refractivity contribution in [3.8, 4) is 22.3 Å².